The SMILES string of the molecule is CC(=O)c1ccc(NC(=O)COc2ccc3ccccc3c2)cc1. The number of amides is 1. The van der Waals surface area contributed by atoms with Crippen LogP contribution < -0.4 is 10.1 Å². The van der Waals surface area contributed by atoms with E-state index in [1.807, 2.05) is 42.5 Å². The van der Waals surface area contributed by atoms with E-state index in [4.69, 9.17) is 4.74 Å². The number of anilines is 1. The summed E-state index contributed by atoms with van der Waals surface area (Å²) in [7, 11) is 0. The molecular formula is C20H17NO3. The van der Waals surface area contributed by atoms with E-state index in [2.05, 4.69) is 5.32 Å². The maximum atomic E-state index is 12.0. The predicted octanol–water partition coefficient (Wildman–Crippen LogP) is 4.06. The molecule has 0 spiro atoms. The summed E-state index contributed by atoms with van der Waals surface area (Å²) in [6.45, 7) is 1.43. The highest BCUT2D eigenvalue weighted by Crippen LogP contribution is 2.20. The first-order chi connectivity index (χ1) is 11.6. The minimum Gasteiger partial charge on any atom is -0.484 e. The molecule has 3 aromatic carbocycles. The molecule has 4 nitrogen and oxygen atoms in total. The van der Waals surface area contributed by atoms with Crippen LogP contribution in [0.4, 0.5) is 5.69 Å². The Morgan fingerprint density at radius 1 is 0.917 bits per heavy atom. The van der Waals surface area contributed by atoms with Crippen LogP contribution in [-0.2, 0) is 4.79 Å². The van der Waals surface area contributed by atoms with Crippen molar-refractivity contribution in [1.29, 1.82) is 0 Å². The number of fused-ring (bicyclic) bond motifs is 1. The van der Waals surface area contributed by atoms with Crippen LogP contribution in [0.5, 0.6) is 5.75 Å². The second-order valence-electron chi connectivity index (χ2n) is 5.48. The Morgan fingerprint density at radius 3 is 2.33 bits per heavy atom. The zero-order valence-corrected chi connectivity index (χ0v) is 13.3. The largest absolute Gasteiger partial charge is 0.484 e. The molecule has 0 aromatic heterocycles. The molecule has 0 unspecified atom stereocenters. The Labute approximate surface area is 140 Å². The minimum absolute atomic E-state index is 0.00693. The number of hydrogen-bond donors (Lipinski definition) is 1. The van der Waals surface area contributed by atoms with E-state index < -0.39 is 0 Å². The van der Waals surface area contributed by atoms with Crippen molar-refractivity contribution in [2.75, 3.05) is 11.9 Å². The van der Waals surface area contributed by atoms with Gasteiger partial charge in [-0.2, -0.15) is 0 Å². The van der Waals surface area contributed by atoms with Crippen LogP contribution in [0.25, 0.3) is 10.8 Å². The normalized spacial score (nSPS) is 10.4. The number of carbonyl (C=O) groups is 2. The van der Waals surface area contributed by atoms with Gasteiger partial charge in [0.05, 0.1) is 0 Å². The lowest BCUT2D eigenvalue weighted by molar-refractivity contribution is -0.118. The summed E-state index contributed by atoms with van der Waals surface area (Å²) in [6, 6.07) is 20.4. The Hall–Kier alpha value is -3.14. The fraction of sp³-hybridized carbons (Fsp3) is 0.100. The zero-order valence-electron chi connectivity index (χ0n) is 13.3. The Kier molecular flexibility index (Phi) is 4.57. The summed E-state index contributed by atoms with van der Waals surface area (Å²) < 4.78 is 5.54. The average molecular weight is 319 g/mol. The Bertz CT molecular complexity index is 885. The van der Waals surface area contributed by atoms with E-state index in [1.54, 1.807) is 24.3 Å². The Morgan fingerprint density at radius 2 is 1.62 bits per heavy atom. The van der Waals surface area contributed by atoms with E-state index >= 15 is 0 Å². The molecule has 0 atom stereocenters. The molecule has 120 valence electrons. The summed E-state index contributed by atoms with van der Waals surface area (Å²) in [5.41, 5.74) is 1.24. The van der Waals surface area contributed by atoms with Crippen molar-refractivity contribution in [3.8, 4) is 5.75 Å². The number of Topliss-reactive ketones (excluding diaryl/α,β-unsaturated/α-hetero) is 1. The van der Waals surface area contributed by atoms with Crippen molar-refractivity contribution in [1.82, 2.24) is 0 Å². The van der Waals surface area contributed by atoms with Crippen molar-refractivity contribution < 1.29 is 14.3 Å². The van der Waals surface area contributed by atoms with Gasteiger partial charge in [-0.15, -0.1) is 0 Å². The molecule has 0 bridgehead atoms. The van der Waals surface area contributed by atoms with Crippen molar-refractivity contribution in [2.24, 2.45) is 0 Å². The van der Waals surface area contributed by atoms with Crippen molar-refractivity contribution in [3.05, 3.63) is 72.3 Å². The maximum absolute atomic E-state index is 12.0. The predicted molar refractivity (Wildman–Crippen MR) is 94.5 cm³/mol. The number of hydrogen-bond acceptors (Lipinski definition) is 3. The Balaban J connectivity index is 1.59. The van der Waals surface area contributed by atoms with Crippen molar-refractivity contribution in [3.63, 3.8) is 0 Å². The summed E-state index contributed by atoms with van der Waals surface area (Å²) in [6.07, 6.45) is 0. The topological polar surface area (TPSA) is 55.4 Å². The van der Waals surface area contributed by atoms with E-state index in [-0.39, 0.29) is 18.3 Å². The van der Waals surface area contributed by atoms with Crippen molar-refractivity contribution >= 4 is 28.2 Å². The lowest BCUT2D eigenvalue weighted by Gasteiger charge is -2.08. The third kappa shape index (κ3) is 3.79. The third-order valence-corrected chi connectivity index (χ3v) is 3.67. The van der Waals surface area contributed by atoms with E-state index in [9.17, 15) is 9.59 Å². The molecule has 0 radical (unpaired) electrons. The highest BCUT2D eigenvalue weighted by Gasteiger charge is 2.05. The fourth-order valence-corrected chi connectivity index (χ4v) is 2.39. The van der Waals surface area contributed by atoms with Gasteiger partial charge in [-0.25, -0.2) is 0 Å². The molecule has 4 heteroatoms. The number of carbonyl (C=O) groups excluding carboxylic acids is 2. The lowest BCUT2D eigenvalue weighted by Crippen LogP contribution is -2.20. The third-order valence-electron chi connectivity index (χ3n) is 3.67. The highest BCUT2D eigenvalue weighted by molar-refractivity contribution is 5.96. The number of ketones is 1. The smallest absolute Gasteiger partial charge is 0.262 e. The molecule has 0 fully saturated rings. The number of benzene rings is 3. The van der Waals surface area contributed by atoms with Gasteiger partial charge in [-0.1, -0.05) is 30.3 Å². The van der Waals surface area contributed by atoms with Gasteiger partial charge < -0.3 is 10.1 Å². The molecule has 24 heavy (non-hydrogen) atoms. The van der Waals surface area contributed by atoms with Crippen LogP contribution in [0.3, 0.4) is 0 Å². The van der Waals surface area contributed by atoms with Crippen LogP contribution in [0, 0.1) is 0 Å². The van der Waals surface area contributed by atoms with Crippen LogP contribution >= 0.6 is 0 Å². The molecular weight excluding hydrogens is 302 g/mol. The first-order valence-corrected chi connectivity index (χ1v) is 7.64. The van der Waals surface area contributed by atoms with Gasteiger partial charge in [0.2, 0.25) is 0 Å². The molecule has 0 saturated carbocycles. The van der Waals surface area contributed by atoms with E-state index in [1.165, 1.54) is 6.92 Å². The molecule has 1 amide bonds. The second kappa shape index (κ2) is 6.96. The summed E-state index contributed by atoms with van der Waals surface area (Å²) in [4.78, 5) is 23.2. The maximum Gasteiger partial charge on any atom is 0.262 e. The number of nitrogens with one attached hydrogen (secondary N) is 1. The first kappa shape index (κ1) is 15.7. The molecule has 3 rings (SSSR count). The quantitative estimate of drug-likeness (QED) is 0.722. The van der Waals surface area contributed by atoms with Gasteiger partial charge in [0.15, 0.2) is 12.4 Å². The first-order valence-electron chi connectivity index (χ1n) is 7.64. The van der Waals surface area contributed by atoms with Crippen molar-refractivity contribution in [2.45, 2.75) is 6.92 Å². The number of ether oxygens (including phenoxy) is 1. The van der Waals surface area contributed by atoms with Gasteiger partial charge in [0.25, 0.3) is 5.91 Å². The minimum atomic E-state index is -0.251. The van der Waals surface area contributed by atoms with Gasteiger partial charge in [0, 0.05) is 11.3 Å². The summed E-state index contributed by atoms with van der Waals surface area (Å²) in [5.74, 6) is 0.391. The highest BCUT2D eigenvalue weighted by atomic mass is 16.5. The summed E-state index contributed by atoms with van der Waals surface area (Å²) in [5, 5.41) is 4.93. The van der Waals surface area contributed by atoms with Crippen LogP contribution in [-0.4, -0.2) is 18.3 Å². The second-order valence-corrected chi connectivity index (χ2v) is 5.48. The average Bonchev–Trinajstić information content (AvgIpc) is 2.60. The molecule has 0 saturated heterocycles. The van der Waals surface area contributed by atoms with Gasteiger partial charge in [0.1, 0.15) is 5.75 Å². The molecule has 0 aliphatic heterocycles. The van der Waals surface area contributed by atoms with E-state index in [0.29, 0.717) is 17.0 Å². The zero-order chi connectivity index (χ0) is 16.9. The molecule has 0 aliphatic carbocycles. The van der Waals surface area contributed by atoms with Crippen LogP contribution in [0.2, 0.25) is 0 Å². The molecule has 0 aliphatic rings. The van der Waals surface area contributed by atoms with Gasteiger partial charge in [-0.05, 0) is 54.1 Å². The van der Waals surface area contributed by atoms with E-state index in [0.717, 1.165) is 10.8 Å². The molecule has 3 aromatic rings. The molecule has 1 N–H and O–H groups in total. The van der Waals surface area contributed by atoms with Gasteiger partial charge in [-0.3, -0.25) is 9.59 Å². The monoisotopic (exact) mass is 319 g/mol. The fourth-order valence-electron chi connectivity index (χ4n) is 2.39. The number of rotatable bonds is 5. The van der Waals surface area contributed by atoms with Crippen LogP contribution in [0.15, 0.2) is 66.7 Å². The molecule has 0 heterocycles. The van der Waals surface area contributed by atoms with Crippen LogP contribution in [0.1, 0.15) is 17.3 Å². The lowest BCUT2D eigenvalue weighted by atomic mass is 10.1. The summed E-state index contributed by atoms with van der Waals surface area (Å²) >= 11 is 0. The standard InChI is InChI=1S/C20H17NO3/c1-14(22)15-6-9-18(10-7-15)21-20(23)13-24-19-11-8-16-4-2-3-5-17(16)12-19/h2-12H,13H2,1H3,(H,21,23). The van der Waals surface area contributed by atoms with Gasteiger partial charge >= 0.3 is 0 Å².